The lowest BCUT2D eigenvalue weighted by molar-refractivity contribution is -0.139. The summed E-state index contributed by atoms with van der Waals surface area (Å²) in [7, 11) is 1.36. The molecule has 0 radical (unpaired) electrons. The van der Waals surface area contributed by atoms with E-state index in [4.69, 9.17) is 11.6 Å². The largest absolute Gasteiger partial charge is 0.469 e. The summed E-state index contributed by atoms with van der Waals surface area (Å²) in [5.74, 6) is -0.294. The number of methoxy groups -OCH3 is 1. The molecule has 1 aromatic carbocycles. The average Bonchev–Trinajstić information content (AvgIpc) is 2.77. The molecule has 2 aromatic rings. The van der Waals surface area contributed by atoms with Crippen molar-refractivity contribution in [2.45, 2.75) is 6.42 Å². The minimum atomic E-state index is -0.294. The monoisotopic (exact) mass is 345 g/mol. The Morgan fingerprint density at radius 1 is 1.56 bits per heavy atom. The molecule has 0 saturated heterocycles. The highest BCUT2D eigenvalue weighted by atomic mass is 79.9. The van der Waals surface area contributed by atoms with E-state index < -0.39 is 0 Å². The minimum Gasteiger partial charge on any atom is -0.469 e. The van der Waals surface area contributed by atoms with Crippen LogP contribution in [0, 0.1) is 0 Å². The van der Waals surface area contributed by atoms with Gasteiger partial charge in [0.2, 0.25) is 0 Å². The van der Waals surface area contributed by atoms with Gasteiger partial charge in [-0.1, -0.05) is 33.6 Å². The van der Waals surface area contributed by atoms with Crippen molar-refractivity contribution in [1.82, 2.24) is 4.98 Å². The van der Waals surface area contributed by atoms with Crippen LogP contribution < -0.4 is 0 Å². The fourth-order valence-electron chi connectivity index (χ4n) is 1.41. The zero-order valence-corrected chi connectivity index (χ0v) is 12.6. The lowest BCUT2D eigenvalue weighted by Gasteiger charge is -2.01. The maximum atomic E-state index is 11.2. The first-order chi connectivity index (χ1) is 8.60. The van der Waals surface area contributed by atoms with Gasteiger partial charge in [0, 0.05) is 15.4 Å². The van der Waals surface area contributed by atoms with Crippen molar-refractivity contribution >= 4 is 44.8 Å². The van der Waals surface area contributed by atoms with Gasteiger partial charge in [0.15, 0.2) is 0 Å². The first-order valence-electron chi connectivity index (χ1n) is 5.07. The van der Waals surface area contributed by atoms with Gasteiger partial charge in [-0.3, -0.25) is 4.79 Å². The highest BCUT2D eigenvalue weighted by molar-refractivity contribution is 9.10. The zero-order valence-electron chi connectivity index (χ0n) is 9.44. The average molecular weight is 347 g/mol. The van der Waals surface area contributed by atoms with Gasteiger partial charge in [0.1, 0.15) is 5.01 Å². The SMILES string of the molecule is COC(=O)Cc1nc(-c2ccc(Br)cc2Cl)cs1. The maximum Gasteiger partial charge on any atom is 0.312 e. The highest BCUT2D eigenvalue weighted by Gasteiger charge is 2.11. The predicted molar refractivity (Wildman–Crippen MR) is 76.0 cm³/mol. The number of hydrogen-bond donors (Lipinski definition) is 0. The van der Waals surface area contributed by atoms with E-state index in [-0.39, 0.29) is 12.4 Å². The van der Waals surface area contributed by atoms with Crippen molar-refractivity contribution in [2.75, 3.05) is 7.11 Å². The smallest absolute Gasteiger partial charge is 0.312 e. The number of carbonyl (C=O) groups excluding carboxylic acids is 1. The Morgan fingerprint density at radius 2 is 2.33 bits per heavy atom. The van der Waals surface area contributed by atoms with Gasteiger partial charge >= 0.3 is 5.97 Å². The number of carbonyl (C=O) groups is 1. The molecule has 2 rings (SSSR count). The molecular weight excluding hydrogens is 338 g/mol. The van der Waals surface area contributed by atoms with Crippen LogP contribution in [0.25, 0.3) is 11.3 Å². The van der Waals surface area contributed by atoms with Crippen LogP contribution in [0.3, 0.4) is 0 Å². The quantitative estimate of drug-likeness (QED) is 0.790. The Kier molecular flexibility index (Phi) is 4.37. The van der Waals surface area contributed by atoms with E-state index in [0.717, 1.165) is 20.7 Å². The van der Waals surface area contributed by atoms with Gasteiger partial charge in [-0.15, -0.1) is 11.3 Å². The van der Waals surface area contributed by atoms with E-state index >= 15 is 0 Å². The summed E-state index contributed by atoms with van der Waals surface area (Å²) in [6.07, 6.45) is 0.190. The van der Waals surface area contributed by atoms with Crippen LogP contribution >= 0.6 is 38.9 Å². The molecule has 0 saturated carbocycles. The normalized spacial score (nSPS) is 10.4. The number of benzene rings is 1. The lowest BCUT2D eigenvalue weighted by atomic mass is 10.2. The fraction of sp³-hybridized carbons (Fsp3) is 0.167. The molecule has 0 amide bonds. The Balaban J connectivity index is 2.26. The van der Waals surface area contributed by atoms with Gasteiger partial charge in [-0.25, -0.2) is 4.98 Å². The summed E-state index contributed by atoms with van der Waals surface area (Å²) in [5.41, 5.74) is 1.63. The number of nitrogens with zero attached hydrogens (tertiary/aromatic N) is 1. The molecule has 0 aliphatic rings. The molecule has 94 valence electrons. The summed E-state index contributed by atoms with van der Waals surface area (Å²) in [6, 6.07) is 5.61. The molecule has 18 heavy (non-hydrogen) atoms. The van der Waals surface area contributed by atoms with Crippen LogP contribution in [-0.2, 0) is 16.0 Å². The Morgan fingerprint density at radius 3 is 3.00 bits per heavy atom. The zero-order chi connectivity index (χ0) is 13.1. The van der Waals surface area contributed by atoms with Gasteiger partial charge in [0.05, 0.1) is 24.2 Å². The lowest BCUT2D eigenvalue weighted by Crippen LogP contribution is -2.03. The van der Waals surface area contributed by atoms with Gasteiger partial charge in [-0.05, 0) is 12.1 Å². The van der Waals surface area contributed by atoms with Crippen LogP contribution in [0.5, 0.6) is 0 Å². The molecule has 0 atom stereocenters. The summed E-state index contributed by atoms with van der Waals surface area (Å²) >= 11 is 10.9. The van der Waals surface area contributed by atoms with E-state index in [1.165, 1.54) is 18.4 Å². The summed E-state index contributed by atoms with van der Waals surface area (Å²) in [6.45, 7) is 0. The topological polar surface area (TPSA) is 39.2 Å². The number of esters is 1. The van der Waals surface area contributed by atoms with E-state index in [1.807, 2.05) is 23.6 Å². The number of thiazole rings is 1. The molecule has 0 unspecified atom stereocenters. The van der Waals surface area contributed by atoms with Crippen molar-refractivity contribution in [3.05, 3.63) is 38.1 Å². The Bertz CT molecular complexity index is 585. The van der Waals surface area contributed by atoms with Crippen molar-refractivity contribution in [1.29, 1.82) is 0 Å². The van der Waals surface area contributed by atoms with Crippen molar-refractivity contribution in [2.24, 2.45) is 0 Å². The molecule has 6 heteroatoms. The second-order valence-corrected chi connectivity index (χ2v) is 5.77. The van der Waals surface area contributed by atoms with Gasteiger partial charge in [0.25, 0.3) is 0 Å². The number of hydrogen-bond acceptors (Lipinski definition) is 4. The number of aromatic nitrogens is 1. The third-order valence-electron chi connectivity index (χ3n) is 2.28. The summed E-state index contributed by atoms with van der Waals surface area (Å²) < 4.78 is 5.52. The third kappa shape index (κ3) is 3.10. The van der Waals surface area contributed by atoms with Gasteiger partial charge < -0.3 is 4.74 Å². The molecule has 0 N–H and O–H groups in total. The summed E-state index contributed by atoms with van der Waals surface area (Å²) in [4.78, 5) is 15.5. The number of rotatable bonds is 3. The second kappa shape index (κ2) is 5.82. The summed E-state index contributed by atoms with van der Waals surface area (Å²) in [5, 5.41) is 3.23. The van der Waals surface area contributed by atoms with Crippen LogP contribution in [0.15, 0.2) is 28.1 Å². The molecule has 0 bridgehead atoms. The van der Waals surface area contributed by atoms with Crippen LogP contribution in [0.4, 0.5) is 0 Å². The maximum absolute atomic E-state index is 11.2. The standard InChI is InChI=1S/C12H9BrClNO2S/c1-17-12(16)5-11-15-10(6-18-11)8-3-2-7(13)4-9(8)14/h2-4,6H,5H2,1H3. The molecule has 0 fully saturated rings. The molecule has 0 aliphatic carbocycles. The minimum absolute atomic E-state index is 0.190. The molecule has 1 aromatic heterocycles. The van der Waals surface area contributed by atoms with E-state index in [0.29, 0.717) is 5.02 Å². The highest BCUT2D eigenvalue weighted by Crippen LogP contribution is 2.31. The molecule has 0 spiro atoms. The first-order valence-corrected chi connectivity index (χ1v) is 7.12. The second-order valence-electron chi connectivity index (χ2n) is 3.50. The fourth-order valence-corrected chi connectivity index (χ4v) is 2.96. The van der Waals surface area contributed by atoms with Crippen molar-refractivity contribution in [3.63, 3.8) is 0 Å². The van der Waals surface area contributed by atoms with E-state index in [9.17, 15) is 4.79 Å². The van der Waals surface area contributed by atoms with Crippen LogP contribution in [0.1, 0.15) is 5.01 Å². The van der Waals surface area contributed by atoms with E-state index in [1.54, 1.807) is 0 Å². The number of halogens is 2. The number of ether oxygens (including phenoxy) is 1. The molecular formula is C12H9BrClNO2S. The molecule has 0 aliphatic heterocycles. The Hall–Kier alpha value is -0.910. The Labute approximate surface area is 122 Å². The first kappa shape index (κ1) is 13.5. The third-order valence-corrected chi connectivity index (χ3v) is 3.94. The predicted octanol–water partition coefficient (Wildman–Crippen LogP) is 3.94. The van der Waals surface area contributed by atoms with E-state index in [2.05, 4.69) is 25.7 Å². The van der Waals surface area contributed by atoms with Gasteiger partial charge in [-0.2, -0.15) is 0 Å². The molecule has 3 nitrogen and oxygen atoms in total. The van der Waals surface area contributed by atoms with Crippen LogP contribution in [-0.4, -0.2) is 18.1 Å². The van der Waals surface area contributed by atoms with Crippen molar-refractivity contribution in [3.8, 4) is 11.3 Å². The molecule has 1 heterocycles. The van der Waals surface area contributed by atoms with Crippen molar-refractivity contribution < 1.29 is 9.53 Å². The van der Waals surface area contributed by atoms with Crippen LogP contribution in [0.2, 0.25) is 5.02 Å².